The summed E-state index contributed by atoms with van der Waals surface area (Å²) in [4.78, 5) is 11.8. The molecule has 2 aromatic rings. The minimum Gasteiger partial charge on any atom is -0.376 e. The van der Waals surface area contributed by atoms with Gasteiger partial charge >= 0.3 is 0 Å². The molecule has 104 valence electrons. The maximum atomic E-state index is 13.4. The summed E-state index contributed by atoms with van der Waals surface area (Å²) in [7, 11) is 0. The molecule has 3 nitrogen and oxygen atoms in total. The van der Waals surface area contributed by atoms with Crippen LogP contribution in [0.3, 0.4) is 0 Å². The maximum absolute atomic E-state index is 13.4. The number of para-hydroxylation sites is 1. The quantitative estimate of drug-likeness (QED) is 0.887. The van der Waals surface area contributed by atoms with Crippen molar-refractivity contribution in [2.75, 3.05) is 17.2 Å². The molecule has 0 radical (unpaired) electrons. The highest BCUT2D eigenvalue weighted by molar-refractivity contribution is 9.10. The molecule has 0 aliphatic rings. The molecule has 2 rings (SSSR count). The molecule has 0 aliphatic heterocycles. The molecule has 2 aromatic carbocycles. The molecule has 0 saturated heterocycles. The van der Waals surface area contributed by atoms with E-state index in [1.807, 2.05) is 37.3 Å². The smallest absolute Gasteiger partial charge is 0.243 e. The van der Waals surface area contributed by atoms with Gasteiger partial charge in [0.05, 0.1) is 11.0 Å². The molecule has 0 fully saturated rings. The van der Waals surface area contributed by atoms with E-state index in [4.69, 9.17) is 0 Å². The van der Waals surface area contributed by atoms with Crippen molar-refractivity contribution < 1.29 is 9.18 Å². The zero-order valence-corrected chi connectivity index (χ0v) is 12.5. The van der Waals surface area contributed by atoms with E-state index in [0.717, 1.165) is 11.3 Å². The predicted molar refractivity (Wildman–Crippen MR) is 82.4 cm³/mol. The molecule has 1 amide bonds. The third-order valence-electron chi connectivity index (χ3n) is 2.77. The Hall–Kier alpha value is -1.88. The van der Waals surface area contributed by atoms with E-state index in [1.165, 1.54) is 6.07 Å². The Kier molecular flexibility index (Phi) is 4.74. The highest BCUT2D eigenvalue weighted by Gasteiger charge is 2.08. The average molecular weight is 337 g/mol. The summed E-state index contributed by atoms with van der Waals surface area (Å²) in [5.74, 6) is -0.624. The molecular weight excluding hydrogens is 323 g/mol. The first-order chi connectivity index (χ1) is 9.56. The van der Waals surface area contributed by atoms with Crippen LogP contribution in [0.25, 0.3) is 0 Å². The summed E-state index contributed by atoms with van der Waals surface area (Å²) in [5, 5.41) is 5.68. The van der Waals surface area contributed by atoms with E-state index in [1.54, 1.807) is 6.07 Å². The highest BCUT2D eigenvalue weighted by Crippen LogP contribution is 2.23. The molecule has 2 N–H and O–H groups in total. The van der Waals surface area contributed by atoms with Crippen LogP contribution in [0.15, 0.2) is 46.9 Å². The van der Waals surface area contributed by atoms with Gasteiger partial charge in [-0.3, -0.25) is 4.79 Å². The van der Waals surface area contributed by atoms with Gasteiger partial charge in [-0.2, -0.15) is 0 Å². The van der Waals surface area contributed by atoms with Gasteiger partial charge in [0.2, 0.25) is 5.91 Å². The van der Waals surface area contributed by atoms with Crippen LogP contribution in [0.4, 0.5) is 15.8 Å². The number of rotatable bonds is 4. The second kappa shape index (κ2) is 6.52. The minimum atomic E-state index is -0.401. The summed E-state index contributed by atoms with van der Waals surface area (Å²) < 4.78 is 13.8. The molecule has 0 atom stereocenters. The van der Waals surface area contributed by atoms with Crippen molar-refractivity contribution in [3.8, 4) is 0 Å². The Morgan fingerprint density at radius 1 is 1.25 bits per heavy atom. The molecule has 0 heterocycles. The summed E-state index contributed by atoms with van der Waals surface area (Å²) >= 11 is 3.11. The third-order valence-corrected chi connectivity index (χ3v) is 3.38. The molecule has 0 saturated carbocycles. The lowest BCUT2D eigenvalue weighted by Crippen LogP contribution is -2.22. The van der Waals surface area contributed by atoms with Crippen LogP contribution in [0.2, 0.25) is 0 Å². The number of carbonyl (C=O) groups is 1. The van der Waals surface area contributed by atoms with Crippen LogP contribution < -0.4 is 10.6 Å². The number of hydrogen-bond acceptors (Lipinski definition) is 2. The number of anilines is 2. The van der Waals surface area contributed by atoms with Gasteiger partial charge in [0.25, 0.3) is 0 Å². The molecule has 0 unspecified atom stereocenters. The average Bonchev–Trinajstić information content (AvgIpc) is 2.44. The monoisotopic (exact) mass is 336 g/mol. The van der Waals surface area contributed by atoms with E-state index in [-0.39, 0.29) is 12.5 Å². The summed E-state index contributed by atoms with van der Waals surface area (Å²) in [6.45, 7) is 1.94. The van der Waals surface area contributed by atoms with E-state index < -0.39 is 5.82 Å². The number of aryl methyl sites for hydroxylation is 1. The maximum Gasteiger partial charge on any atom is 0.243 e. The molecule has 5 heteroatoms. The number of halogens is 2. The van der Waals surface area contributed by atoms with Crippen molar-refractivity contribution in [2.24, 2.45) is 0 Å². The van der Waals surface area contributed by atoms with Crippen molar-refractivity contribution in [2.45, 2.75) is 6.92 Å². The SMILES string of the molecule is Cc1cc(Br)c(F)cc1NC(=O)CNc1ccccc1. The van der Waals surface area contributed by atoms with Crippen molar-refractivity contribution >= 4 is 33.2 Å². The highest BCUT2D eigenvalue weighted by atomic mass is 79.9. The number of nitrogens with one attached hydrogen (secondary N) is 2. The zero-order chi connectivity index (χ0) is 14.5. The van der Waals surface area contributed by atoms with Gasteiger partial charge in [-0.15, -0.1) is 0 Å². The first-order valence-corrected chi connectivity index (χ1v) is 6.90. The summed E-state index contributed by atoms with van der Waals surface area (Å²) in [5.41, 5.74) is 2.14. The van der Waals surface area contributed by atoms with Crippen LogP contribution in [0, 0.1) is 12.7 Å². The van der Waals surface area contributed by atoms with Crippen molar-refractivity contribution in [3.63, 3.8) is 0 Å². The zero-order valence-electron chi connectivity index (χ0n) is 10.9. The Bertz CT molecular complexity index is 617. The van der Waals surface area contributed by atoms with Crippen LogP contribution >= 0.6 is 15.9 Å². The van der Waals surface area contributed by atoms with E-state index in [0.29, 0.717) is 10.2 Å². The van der Waals surface area contributed by atoms with Crippen LogP contribution in [0.5, 0.6) is 0 Å². The van der Waals surface area contributed by atoms with Gasteiger partial charge in [0.15, 0.2) is 0 Å². The van der Waals surface area contributed by atoms with Gasteiger partial charge in [0.1, 0.15) is 5.82 Å². The molecule has 0 spiro atoms. The standard InChI is InChI=1S/C15H14BrFN2O/c1-10-7-12(16)13(17)8-14(10)19-15(20)9-18-11-5-3-2-4-6-11/h2-8,18H,9H2,1H3,(H,19,20). The van der Waals surface area contributed by atoms with Gasteiger partial charge < -0.3 is 10.6 Å². The van der Waals surface area contributed by atoms with E-state index in [9.17, 15) is 9.18 Å². The number of hydrogen-bond donors (Lipinski definition) is 2. The Morgan fingerprint density at radius 2 is 1.95 bits per heavy atom. The van der Waals surface area contributed by atoms with Gasteiger partial charge in [-0.1, -0.05) is 18.2 Å². The summed E-state index contributed by atoms with van der Waals surface area (Å²) in [6, 6.07) is 12.4. The minimum absolute atomic E-state index is 0.126. The Morgan fingerprint density at radius 3 is 2.65 bits per heavy atom. The topological polar surface area (TPSA) is 41.1 Å². The molecule has 0 bridgehead atoms. The lowest BCUT2D eigenvalue weighted by Gasteiger charge is -2.10. The van der Waals surface area contributed by atoms with Gasteiger partial charge in [-0.25, -0.2) is 4.39 Å². The van der Waals surface area contributed by atoms with Gasteiger partial charge in [0, 0.05) is 11.4 Å². The number of amides is 1. The third kappa shape index (κ3) is 3.81. The predicted octanol–water partition coefficient (Wildman–Crippen LogP) is 3.95. The fourth-order valence-corrected chi connectivity index (χ4v) is 2.17. The van der Waals surface area contributed by atoms with Crippen molar-refractivity contribution in [1.29, 1.82) is 0 Å². The van der Waals surface area contributed by atoms with Crippen LogP contribution in [0.1, 0.15) is 5.56 Å². The number of carbonyl (C=O) groups excluding carboxylic acids is 1. The Balaban J connectivity index is 1.97. The first-order valence-electron chi connectivity index (χ1n) is 6.10. The fraction of sp³-hybridized carbons (Fsp3) is 0.133. The van der Waals surface area contributed by atoms with E-state index in [2.05, 4.69) is 26.6 Å². The van der Waals surface area contributed by atoms with Crippen molar-refractivity contribution in [3.05, 3.63) is 58.3 Å². The fourth-order valence-electron chi connectivity index (χ4n) is 1.71. The molecule has 0 aliphatic carbocycles. The van der Waals surface area contributed by atoms with Crippen molar-refractivity contribution in [1.82, 2.24) is 0 Å². The molecule has 0 aromatic heterocycles. The van der Waals surface area contributed by atoms with E-state index >= 15 is 0 Å². The lowest BCUT2D eigenvalue weighted by molar-refractivity contribution is -0.114. The lowest BCUT2D eigenvalue weighted by atomic mass is 10.2. The molecular formula is C15H14BrFN2O. The number of benzene rings is 2. The second-order valence-electron chi connectivity index (χ2n) is 4.35. The molecule has 20 heavy (non-hydrogen) atoms. The second-order valence-corrected chi connectivity index (χ2v) is 5.20. The van der Waals surface area contributed by atoms with Crippen LogP contribution in [-0.2, 0) is 4.79 Å². The largest absolute Gasteiger partial charge is 0.376 e. The first kappa shape index (κ1) is 14.5. The summed E-state index contributed by atoms with van der Waals surface area (Å²) in [6.07, 6.45) is 0. The normalized spacial score (nSPS) is 10.2. The van der Waals surface area contributed by atoms with Gasteiger partial charge in [-0.05, 0) is 52.7 Å². The Labute approximate surface area is 125 Å². The van der Waals surface area contributed by atoms with Crippen LogP contribution in [-0.4, -0.2) is 12.5 Å².